The number of halogens is 5. The zero-order valence-corrected chi connectivity index (χ0v) is 10.8. The second-order valence-corrected chi connectivity index (χ2v) is 4.53. The molecule has 0 aliphatic heterocycles. The molecule has 20 heavy (non-hydrogen) atoms. The fraction of sp³-hybridized carbons (Fsp3) is 0.200. The fourth-order valence-electron chi connectivity index (χ4n) is 2.12. The van der Waals surface area contributed by atoms with Crippen molar-refractivity contribution < 1.29 is 22.0 Å². The first-order valence-corrected chi connectivity index (χ1v) is 5.85. The highest BCUT2D eigenvalue weighted by Crippen LogP contribution is 2.40. The van der Waals surface area contributed by atoms with Crippen LogP contribution in [0, 0.1) is 25.5 Å². The van der Waals surface area contributed by atoms with Crippen molar-refractivity contribution in [3.05, 3.63) is 58.7 Å². The van der Waals surface area contributed by atoms with Crippen LogP contribution in [0.5, 0.6) is 0 Å². The van der Waals surface area contributed by atoms with Crippen LogP contribution >= 0.6 is 0 Å². The van der Waals surface area contributed by atoms with E-state index in [9.17, 15) is 22.0 Å². The molecule has 0 aliphatic carbocycles. The molecule has 0 nitrogen and oxygen atoms in total. The number of alkyl halides is 3. The minimum Gasteiger partial charge on any atom is -0.207 e. The highest BCUT2D eigenvalue weighted by Gasteiger charge is 2.35. The lowest BCUT2D eigenvalue weighted by molar-refractivity contribution is -0.137. The zero-order valence-electron chi connectivity index (χ0n) is 10.8. The van der Waals surface area contributed by atoms with Gasteiger partial charge in [0.2, 0.25) is 0 Å². The number of rotatable bonds is 1. The summed E-state index contributed by atoms with van der Waals surface area (Å²) in [4.78, 5) is 0. The van der Waals surface area contributed by atoms with Gasteiger partial charge in [-0.3, -0.25) is 0 Å². The van der Waals surface area contributed by atoms with Gasteiger partial charge in [-0.15, -0.1) is 0 Å². The van der Waals surface area contributed by atoms with Crippen LogP contribution in [-0.2, 0) is 6.18 Å². The van der Waals surface area contributed by atoms with Gasteiger partial charge in [-0.05, 0) is 43.2 Å². The Morgan fingerprint density at radius 3 is 2.15 bits per heavy atom. The molecule has 0 bridgehead atoms. The number of benzene rings is 2. The molecule has 0 aromatic heterocycles. The normalized spacial score (nSPS) is 11.8. The van der Waals surface area contributed by atoms with Crippen molar-refractivity contribution in [1.29, 1.82) is 0 Å². The third-order valence-electron chi connectivity index (χ3n) is 3.17. The average molecular weight is 286 g/mol. The average Bonchev–Trinajstić information content (AvgIpc) is 2.36. The van der Waals surface area contributed by atoms with Crippen molar-refractivity contribution in [2.75, 3.05) is 0 Å². The van der Waals surface area contributed by atoms with E-state index in [2.05, 4.69) is 0 Å². The Kier molecular flexibility index (Phi) is 3.54. The van der Waals surface area contributed by atoms with E-state index in [4.69, 9.17) is 0 Å². The van der Waals surface area contributed by atoms with Crippen molar-refractivity contribution in [1.82, 2.24) is 0 Å². The van der Waals surface area contributed by atoms with Crippen molar-refractivity contribution in [2.45, 2.75) is 20.0 Å². The molecule has 2 rings (SSSR count). The van der Waals surface area contributed by atoms with E-state index in [1.54, 1.807) is 0 Å². The van der Waals surface area contributed by atoms with Gasteiger partial charge in [-0.1, -0.05) is 12.1 Å². The summed E-state index contributed by atoms with van der Waals surface area (Å²) in [6, 6.07) is 5.62. The molecule has 0 heterocycles. The van der Waals surface area contributed by atoms with Crippen LogP contribution in [0.3, 0.4) is 0 Å². The number of aryl methyl sites for hydroxylation is 1. The highest BCUT2D eigenvalue weighted by atomic mass is 19.4. The Hall–Kier alpha value is -1.91. The molecule has 0 aliphatic rings. The second kappa shape index (κ2) is 4.89. The highest BCUT2D eigenvalue weighted by molar-refractivity contribution is 5.72. The van der Waals surface area contributed by atoms with Crippen molar-refractivity contribution in [3.63, 3.8) is 0 Å². The SMILES string of the molecule is Cc1cccc(C(F)(F)F)c1-c1ccc(F)c(C)c1F. The van der Waals surface area contributed by atoms with E-state index in [0.717, 1.165) is 18.2 Å². The van der Waals surface area contributed by atoms with Crippen LogP contribution < -0.4 is 0 Å². The molecule has 0 spiro atoms. The van der Waals surface area contributed by atoms with E-state index in [-0.39, 0.29) is 22.3 Å². The van der Waals surface area contributed by atoms with E-state index >= 15 is 0 Å². The van der Waals surface area contributed by atoms with E-state index in [1.807, 2.05) is 0 Å². The standard InChI is InChI=1S/C15H11F5/c1-8-4-3-5-11(15(18,19)20)13(8)10-6-7-12(16)9(2)14(10)17/h3-7H,1-2H3. The lowest BCUT2D eigenvalue weighted by Gasteiger charge is -2.16. The monoisotopic (exact) mass is 286 g/mol. The molecule has 0 fully saturated rings. The predicted octanol–water partition coefficient (Wildman–Crippen LogP) is 5.27. The lowest BCUT2D eigenvalue weighted by Crippen LogP contribution is -2.09. The van der Waals surface area contributed by atoms with E-state index < -0.39 is 23.4 Å². The molecule has 5 heteroatoms. The molecule has 0 atom stereocenters. The van der Waals surface area contributed by atoms with Crippen LogP contribution in [0.15, 0.2) is 30.3 Å². The minimum atomic E-state index is -4.60. The maximum absolute atomic E-state index is 14.1. The van der Waals surface area contributed by atoms with Crippen LogP contribution in [0.4, 0.5) is 22.0 Å². The summed E-state index contributed by atoms with van der Waals surface area (Å²) in [6.07, 6.45) is -4.60. The summed E-state index contributed by atoms with van der Waals surface area (Å²) < 4.78 is 66.4. The second-order valence-electron chi connectivity index (χ2n) is 4.53. The summed E-state index contributed by atoms with van der Waals surface area (Å²) in [5.41, 5.74) is -1.43. The summed E-state index contributed by atoms with van der Waals surface area (Å²) in [7, 11) is 0. The van der Waals surface area contributed by atoms with Gasteiger partial charge in [0.1, 0.15) is 11.6 Å². The third kappa shape index (κ3) is 2.40. The van der Waals surface area contributed by atoms with Gasteiger partial charge in [0.15, 0.2) is 0 Å². The van der Waals surface area contributed by atoms with Crippen LogP contribution in [0.25, 0.3) is 11.1 Å². The first-order valence-electron chi connectivity index (χ1n) is 5.85. The molecule has 0 N–H and O–H groups in total. The van der Waals surface area contributed by atoms with Crippen LogP contribution in [0.2, 0.25) is 0 Å². The largest absolute Gasteiger partial charge is 0.417 e. The van der Waals surface area contributed by atoms with E-state index in [0.29, 0.717) is 0 Å². The smallest absolute Gasteiger partial charge is 0.207 e. The zero-order chi connectivity index (χ0) is 15.1. The number of hydrogen-bond donors (Lipinski definition) is 0. The third-order valence-corrected chi connectivity index (χ3v) is 3.17. The summed E-state index contributed by atoms with van der Waals surface area (Å²) >= 11 is 0. The van der Waals surface area contributed by atoms with Crippen molar-refractivity contribution >= 4 is 0 Å². The lowest BCUT2D eigenvalue weighted by atomic mass is 9.93. The summed E-state index contributed by atoms with van der Waals surface area (Å²) in [6.45, 7) is 2.66. The fourth-order valence-corrected chi connectivity index (χ4v) is 2.12. The van der Waals surface area contributed by atoms with Gasteiger partial charge in [-0.25, -0.2) is 8.78 Å². The van der Waals surface area contributed by atoms with Crippen molar-refractivity contribution in [3.8, 4) is 11.1 Å². The Labute approximate surface area is 112 Å². The molecule has 2 aromatic carbocycles. The molecule has 0 saturated carbocycles. The van der Waals surface area contributed by atoms with Gasteiger partial charge in [0.05, 0.1) is 5.56 Å². The molecular weight excluding hydrogens is 275 g/mol. The molecule has 106 valence electrons. The topological polar surface area (TPSA) is 0 Å². The first-order chi connectivity index (χ1) is 9.23. The molecule has 0 saturated heterocycles. The Bertz CT molecular complexity index is 656. The number of hydrogen-bond acceptors (Lipinski definition) is 0. The summed E-state index contributed by atoms with van der Waals surface area (Å²) in [5, 5.41) is 0. The Morgan fingerprint density at radius 1 is 0.900 bits per heavy atom. The van der Waals surface area contributed by atoms with Gasteiger partial charge in [0.25, 0.3) is 0 Å². The minimum absolute atomic E-state index is 0.241. The van der Waals surface area contributed by atoms with Gasteiger partial charge < -0.3 is 0 Å². The molecular formula is C15H11F5. The van der Waals surface area contributed by atoms with Gasteiger partial charge in [-0.2, -0.15) is 13.2 Å². The van der Waals surface area contributed by atoms with Crippen LogP contribution in [-0.4, -0.2) is 0 Å². The molecule has 0 unspecified atom stereocenters. The molecule has 0 amide bonds. The first kappa shape index (κ1) is 14.5. The molecule has 0 radical (unpaired) electrons. The maximum Gasteiger partial charge on any atom is 0.417 e. The van der Waals surface area contributed by atoms with Gasteiger partial charge >= 0.3 is 6.18 Å². The van der Waals surface area contributed by atoms with Crippen LogP contribution in [0.1, 0.15) is 16.7 Å². The predicted molar refractivity (Wildman–Crippen MR) is 66.3 cm³/mol. The van der Waals surface area contributed by atoms with E-state index in [1.165, 1.54) is 26.0 Å². The Balaban J connectivity index is 2.80. The quantitative estimate of drug-likeness (QED) is 0.627. The molecule has 2 aromatic rings. The Morgan fingerprint density at radius 2 is 1.55 bits per heavy atom. The van der Waals surface area contributed by atoms with Gasteiger partial charge in [0, 0.05) is 11.1 Å². The van der Waals surface area contributed by atoms with Crippen molar-refractivity contribution in [2.24, 2.45) is 0 Å². The maximum atomic E-state index is 14.1. The summed E-state index contributed by atoms with van der Waals surface area (Å²) in [5.74, 6) is -1.75.